The fraction of sp³-hybridized carbons (Fsp3) is 0.351. The first kappa shape index (κ1) is 37.5. The van der Waals surface area contributed by atoms with E-state index >= 15 is 0 Å². The van der Waals surface area contributed by atoms with E-state index in [9.17, 15) is 35.1 Å². The Morgan fingerprint density at radius 2 is 1.00 bits per heavy atom. The predicted octanol–water partition coefficient (Wildman–Crippen LogP) is 11.8. The fourth-order valence-electron chi connectivity index (χ4n) is 5.61. The summed E-state index contributed by atoms with van der Waals surface area (Å²) >= 11 is 3.59. The normalized spacial score (nSPS) is 22.4. The maximum absolute atomic E-state index is 14.4. The van der Waals surface area contributed by atoms with Crippen LogP contribution < -0.4 is 0 Å². The quantitative estimate of drug-likeness (QED) is 0.118. The molecule has 2 aliphatic heterocycles. The van der Waals surface area contributed by atoms with Crippen molar-refractivity contribution in [2.45, 2.75) is 57.6 Å². The Balaban J connectivity index is 0.000000212. The van der Waals surface area contributed by atoms with Crippen LogP contribution in [0.1, 0.15) is 63.9 Å². The molecular weight excluding hydrogens is 708 g/mol. The first-order valence-corrected chi connectivity index (χ1v) is 16.0. The van der Waals surface area contributed by atoms with Crippen LogP contribution in [0.5, 0.6) is 0 Å². The number of rotatable bonds is 4. The van der Waals surface area contributed by atoms with Crippen LogP contribution in [0, 0.1) is 58.4 Å². The molecule has 2 heterocycles. The molecule has 2 saturated heterocycles. The van der Waals surface area contributed by atoms with Gasteiger partial charge in [-0.25, -0.2) is 35.1 Å². The van der Waals surface area contributed by atoms with Gasteiger partial charge in [-0.15, -0.1) is 0 Å². The Hall–Kier alpha value is -3.28. The highest BCUT2D eigenvalue weighted by molar-refractivity contribution is 9.09. The molecule has 2 fully saturated rings. The Morgan fingerprint density at radius 1 is 0.562 bits per heavy atom. The molecule has 2 nitrogen and oxygen atoms in total. The summed E-state index contributed by atoms with van der Waals surface area (Å²) in [4.78, 5) is 0.277. The van der Waals surface area contributed by atoms with Crippen molar-refractivity contribution in [2.75, 3.05) is 13.2 Å². The molecule has 0 amide bonds. The van der Waals surface area contributed by atoms with Crippen LogP contribution in [0.2, 0.25) is 0 Å². The van der Waals surface area contributed by atoms with Crippen molar-refractivity contribution in [3.05, 3.63) is 118 Å². The van der Waals surface area contributed by atoms with Gasteiger partial charge in [-0.1, -0.05) is 61.5 Å². The molecule has 0 saturated carbocycles. The minimum Gasteiger partial charge on any atom is -0.373 e. The van der Waals surface area contributed by atoms with Crippen molar-refractivity contribution in [1.29, 1.82) is 0 Å². The summed E-state index contributed by atoms with van der Waals surface area (Å²) in [6.07, 6.45) is 2.11. The fourth-order valence-corrected chi connectivity index (χ4v) is 6.10. The third kappa shape index (κ3) is 8.47. The van der Waals surface area contributed by atoms with Crippen LogP contribution in [0.4, 0.5) is 35.1 Å². The molecule has 2 aliphatic rings. The van der Waals surface area contributed by atoms with E-state index in [1.54, 1.807) is 12.1 Å². The molecule has 0 aromatic heterocycles. The highest BCUT2D eigenvalue weighted by Crippen LogP contribution is 2.37. The largest absolute Gasteiger partial charge is 0.373 e. The summed E-state index contributed by atoms with van der Waals surface area (Å²) in [6, 6.07) is 12.0. The number of hydrogen-bond donors (Lipinski definition) is 0. The SMILES string of the molecule is C.CC1CCC(c2ccc(-c3cc(F)c(F)c(F)c3)c(F)c2)OC1.CC1COC(c2ccc(-c3cc(F)c(F)c(F)c3)c(F)c2)CC1Br. The van der Waals surface area contributed by atoms with Crippen molar-refractivity contribution in [1.82, 2.24) is 0 Å². The van der Waals surface area contributed by atoms with Gasteiger partial charge in [-0.3, -0.25) is 0 Å². The van der Waals surface area contributed by atoms with Gasteiger partial charge in [0, 0.05) is 22.6 Å². The maximum atomic E-state index is 14.4. The Morgan fingerprint density at radius 3 is 1.40 bits per heavy atom. The van der Waals surface area contributed by atoms with E-state index in [1.807, 2.05) is 0 Å². The van der Waals surface area contributed by atoms with E-state index in [-0.39, 0.29) is 46.7 Å². The van der Waals surface area contributed by atoms with Gasteiger partial charge in [0.1, 0.15) is 11.6 Å². The second-order valence-electron chi connectivity index (χ2n) is 12.0. The lowest BCUT2D eigenvalue weighted by atomic mass is 9.94. The summed E-state index contributed by atoms with van der Waals surface area (Å²) in [5.74, 6) is -8.89. The molecule has 48 heavy (non-hydrogen) atoms. The molecule has 4 aromatic rings. The molecule has 0 N–H and O–H groups in total. The van der Waals surface area contributed by atoms with E-state index in [4.69, 9.17) is 9.47 Å². The second kappa shape index (κ2) is 16.0. The van der Waals surface area contributed by atoms with Crippen LogP contribution in [0.15, 0.2) is 60.7 Å². The lowest BCUT2D eigenvalue weighted by Crippen LogP contribution is -2.27. The second-order valence-corrected chi connectivity index (χ2v) is 13.2. The van der Waals surface area contributed by atoms with Crippen LogP contribution in [-0.4, -0.2) is 18.0 Å². The molecule has 0 radical (unpaired) electrons. The summed E-state index contributed by atoms with van der Waals surface area (Å²) in [6.45, 7) is 5.36. The van der Waals surface area contributed by atoms with Crippen molar-refractivity contribution in [3.63, 3.8) is 0 Å². The Kier molecular flexibility index (Phi) is 12.5. The molecule has 5 unspecified atom stereocenters. The summed E-state index contributed by atoms with van der Waals surface area (Å²) in [5.41, 5.74) is 1.30. The molecule has 0 spiro atoms. The van der Waals surface area contributed by atoms with E-state index in [2.05, 4.69) is 29.8 Å². The molecule has 0 bridgehead atoms. The van der Waals surface area contributed by atoms with Crippen LogP contribution in [0.3, 0.4) is 0 Å². The van der Waals surface area contributed by atoms with Gasteiger partial charge in [0.25, 0.3) is 0 Å². The Bertz CT molecular complexity index is 1690. The summed E-state index contributed by atoms with van der Waals surface area (Å²) in [7, 11) is 0. The van der Waals surface area contributed by atoms with Gasteiger partial charge in [0.05, 0.1) is 18.8 Å². The monoisotopic (exact) mass is 742 g/mol. The molecule has 0 aliphatic carbocycles. The van der Waals surface area contributed by atoms with Crippen molar-refractivity contribution >= 4 is 15.9 Å². The number of hydrogen-bond acceptors (Lipinski definition) is 2. The summed E-state index contributed by atoms with van der Waals surface area (Å²) < 4.78 is 120. The third-order valence-electron chi connectivity index (χ3n) is 8.44. The first-order valence-electron chi connectivity index (χ1n) is 15.1. The van der Waals surface area contributed by atoms with Crippen LogP contribution >= 0.6 is 15.9 Å². The smallest absolute Gasteiger partial charge is 0.194 e. The molecule has 11 heteroatoms. The first-order chi connectivity index (χ1) is 22.3. The van der Waals surface area contributed by atoms with Crippen molar-refractivity contribution < 1.29 is 44.6 Å². The van der Waals surface area contributed by atoms with Crippen molar-refractivity contribution in [2.24, 2.45) is 11.8 Å². The topological polar surface area (TPSA) is 18.5 Å². The van der Waals surface area contributed by atoms with E-state index in [0.29, 0.717) is 42.6 Å². The minimum atomic E-state index is -1.57. The lowest BCUT2D eigenvalue weighted by molar-refractivity contribution is -0.0125. The maximum Gasteiger partial charge on any atom is 0.194 e. The average molecular weight is 744 g/mol. The Labute approximate surface area is 283 Å². The highest BCUT2D eigenvalue weighted by Gasteiger charge is 2.28. The number of ether oxygens (including phenoxy) is 2. The highest BCUT2D eigenvalue weighted by atomic mass is 79.9. The van der Waals surface area contributed by atoms with Crippen molar-refractivity contribution in [3.8, 4) is 22.3 Å². The minimum absolute atomic E-state index is 0. The van der Waals surface area contributed by atoms with Gasteiger partial charge in [0.15, 0.2) is 34.9 Å². The van der Waals surface area contributed by atoms with Gasteiger partial charge in [-0.2, -0.15) is 0 Å². The van der Waals surface area contributed by atoms with Gasteiger partial charge in [0.2, 0.25) is 0 Å². The number of alkyl halides is 1. The number of benzene rings is 4. The average Bonchev–Trinajstić information content (AvgIpc) is 3.04. The third-order valence-corrected chi connectivity index (χ3v) is 9.72. The van der Waals surface area contributed by atoms with E-state index < -0.39 is 46.5 Å². The van der Waals surface area contributed by atoms with Crippen LogP contribution in [-0.2, 0) is 9.47 Å². The van der Waals surface area contributed by atoms with Gasteiger partial charge >= 0.3 is 0 Å². The molecule has 6 rings (SSSR count). The zero-order valence-corrected chi connectivity index (χ0v) is 27.0. The van der Waals surface area contributed by atoms with Crippen LogP contribution in [0.25, 0.3) is 22.3 Å². The van der Waals surface area contributed by atoms with Gasteiger partial charge in [-0.05, 0) is 89.8 Å². The zero-order valence-electron chi connectivity index (χ0n) is 25.4. The molecular formula is C37H35BrF8O2. The summed E-state index contributed by atoms with van der Waals surface area (Å²) in [5, 5.41) is 0. The van der Waals surface area contributed by atoms with E-state index in [1.165, 1.54) is 24.3 Å². The zero-order chi connectivity index (χ0) is 34.0. The predicted molar refractivity (Wildman–Crippen MR) is 172 cm³/mol. The standard InChI is InChI=1S/C18H15BrF4O.C18H16F4O.CH4/c1-9-8-24-17(7-13(9)19)10-2-3-12(14(20)4-10)11-5-15(21)18(23)16(22)6-11;1-10-2-5-17(23-9-10)11-3-4-13(14(19)6-11)12-7-15(20)18(22)16(21)8-12;/h2-6,9,13,17H,7-8H2,1H3;3-4,6-8,10,17H,2,5,9H2,1H3;1H4. The number of halogens is 9. The molecule has 4 aromatic carbocycles. The lowest BCUT2D eigenvalue weighted by Gasteiger charge is -2.31. The molecule has 258 valence electrons. The van der Waals surface area contributed by atoms with Gasteiger partial charge < -0.3 is 9.47 Å². The van der Waals surface area contributed by atoms with E-state index in [0.717, 1.165) is 37.1 Å². The molecule has 5 atom stereocenters.